The molecule has 0 amide bonds. The Balaban J connectivity index is 1.67. The van der Waals surface area contributed by atoms with Gasteiger partial charge in [-0.1, -0.05) is 30.3 Å². The van der Waals surface area contributed by atoms with Crippen molar-refractivity contribution < 1.29 is 13.9 Å². The van der Waals surface area contributed by atoms with Crippen LogP contribution in [0.1, 0.15) is 23.9 Å². The van der Waals surface area contributed by atoms with Gasteiger partial charge in [0.15, 0.2) is 0 Å². The lowest BCUT2D eigenvalue weighted by Gasteiger charge is -2.22. The standard InChI is InChI=1S/C26H25FN2O3/c1-18-28-25-15-14-23(32-22-12-9-20(27)10-13-22)16-24(25)26(30)29(18)21(17-31-2)11-8-19-6-4-3-5-7-19/h3-7,9-10,12-16,21H,8,11,17H2,1-2H3/t21-/m0/s1. The minimum absolute atomic E-state index is 0.132. The van der Waals surface area contributed by atoms with Crippen LogP contribution in [0.5, 0.6) is 11.5 Å². The number of aromatic nitrogens is 2. The van der Waals surface area contributed by atoms with Gasteiger partial charge in [-0.2, -0.15) is 0 Å². The lowest BCUT2D eigenvalue weighted by atomic mass is 10.0. The molecule has 0 unspecified atom stereocenters. The summed E-state index contributed by atoms with van der Waals surface area (Å²) in [7, 11) is 1.64. The summed E-state index contributed by atoms with van der Waals surface area (Å²) >= 11 is 0. The van der Waals surface area contributed by atoms with Crippen molar-refractivity contribution in [2.45, 2.75) is 25.8 Å². The summed E-state index contributed by atoms with van der Waals surface area (Å²) in [4.78, 5) is 18.1. The minimum atomic E-state index is -0.335. The number of aryl methyl sites for hydroxylation is 2. The number of benzene rings is 3. The van der Waals surface area contributed by atoms with E-state index in [9.17, 15) is 9.18 Å². The maximum atomic E-state index is 13.5. The van der Waals surface area contributed by atoms with Gasteiger partial charge in [0.1, 0.15) is 23.1 Å². The van der Waals surface area contributed by atoms with Gasteiger partial charge < -0.3 is 9.47 Å². The third-order valence-corrected chi connectivity index (χ3v) is 5.43. The van der Waals surface area contributed by atoms with E-state index < -0.39 is 0 Å². The largest absolute Gasteiger partial charge is 0.457 e. The Bertz CT molecular complexity index is 1250. The highest BCUT2D eigenvalue weighted by Gasteiger charge is 2.18. The third-order valence-electron chi connectivity index (χ3n) is 5.43. The average Bonchev–Trinajstić information content (AvgIpc) is 2.80. The van der Waals surface area contributed by atoms with Gasteiger partial charge in [0, 0.05) is 7.11 Å². The Morgan fingerprint density at radius 1 is 1.00 bits per heavy atom. The van der Waals surface area contributed by atoms with E-state index in [-0.39, 0.29) is 17.4 Å². The van der Waals surface area contributed by atoms with E-state index in [1.54, 1.807) is 42.0 Å². The molecule has 5 nitrogen and oxygen atoms in total. The lowest BCUT2D eigenvalue weighted by molar-refractivity contribution is 0.148. The summed E-state index contributed by atoms with van der Waals surface area (Å²) < 4.78 is 26.1. The van der Waals surface area contributed by atoms with Crippen LogP contribution >= 0.6 is 0 Å². The predicted octanol–water partition coefficient (Wildman–Crippen LogP) is 5.46. The maximum absolute atomic E-state index is 13.5. The highest BCUT2D eigenvalue weighted by molar-refractivity contribution is 5.79. The zero-order valence-electron chi connectivity index (χ0n) is 18.1. The fraction of sp³-hybridized carbons (Fsp3) is 0.231. The first-order valence-electron chi connectivity index (χ1n) is 10.5. The van der Waals surface area contributed by atoms with Crippen molar-refractivity contribution in [2.75, 3.05) is 13.7 Å². The van der Waals surface area contributed by atoms with Crippen molar-refractivity contribution in [2.24, 2.45) is 0 Å². The summed E-state index contributed by atoms with van der Waals surface area (Å²) in [5.41, 5.74) is 1.68. The van der Waals surface area contributed by atoms with Crippen molar-refractivity contribution in [3.05, 3.63) is 100 Å². The van der Waals surface area contributed by atoms with Crippen molar-refractivity contribution in [1.29, 1.82) is 0 Å². The number of fused-ring (bicyclic) bond motifs is 1. The molecule has 0 aliphatic rings. The molecule has 0 saturated heterocycles. The molecule has 1 atom stereocenters. The molecule has 0 N–H and O–H groups in total. The topological polar surface area (TPSA) is 53.4 Å². The molecule has 0 bridgehead atoms. The molecule has 3 aromatic carbocycles. The Morgan fingerprint density at radius 2 is 1.72 bits per heavy atom. The fourth-order valence-electron chi connectivity index (χ4n) is 3.88. The Morgan fingerprint density at radius 3 is 2.44 bits per heavy atom. The monoisotopic (exact) mass is 432 g/mol. The van der Waals surface area contributed by atoms with Gasteiger partial charge in [0.05, 0.1) is 23.6 Å². The molecule has 1 aromatic heterocycles. The number of ether oxygens (including phenoxy) is 2. The first-order valence-corrected chi connectivity index (χ1v) is 10.5. The zero-order valence-corrected chi connectivity index (χ0v) is 18.1. The predicted molar refractivity (Wildman–Crippen MR) is 123 cm³/mol. The van der Waals surface area contributed by atoms with E-state index in [0.29, 0.717) is 34.8 Å². The number of rotatable bonds is 8. The van der Waals surface area contributed by atoms with E-state index in [1.165, 1.54) is 17.7 Å². The number of nitrogens with zero attached hydrogens (tertiary/aromatic N) is 2. The second-order valence-corrected chi connectivity index (χ2v) is 7.70. The van der Waals surface area contributed by atoms with Crippen LogP contribution in [0.4, 0.5) is 4.39 Å². The Kier molecular flexibility index (Phi) is 6.61. The molecule has 32 heavy (non-hydrogen) atoms. The van der Waals surface area contributed by atoms with Gasteiger partial charge in [0.25, 0.3) is 5.56 Å². The number of halogens is 1. The van der Waals surface area contributed by atoms with Gasteiger partial charge in [-0.05, 0) is 67.8 Å². The van der Waals surface area contributed by atoms with Gasteiger partial charge in [-0.3, -0.25) is 9.36 Å². The zero-order chi connectivity index (χ0) is 22.5. The molecule has 4 aromatic rings. The third kappa shape index (κ3) is 4.86. The highest BCUT2D eigenvalue weighted by atomic mass is 19.1. The molecular weight excluding hydrogens is 407 g/mol. The smallest absolute Gasteiger partial charge is 0.261 e. The summed E-state index contributed by atoms with van der Waals surface area (Å²) in [5.74, 6) is 1.29. The summed E-state index contributed by atoms with van der Waals surface area (Å²) in [5, 5.41) is 0.469. The lowest BCUT2D eigenvalue weighted by Crippen LogP contribution is -2.31. The van der Waals surface area contributed by atoms with E-state index in [4.69, 9.17) is 9.47 Å². The van der Waals surface area contributed by atoms with Crippen LogP contribution in [0.3, 0.4) is 0 Å². The van der Waals surface area contributed by atoms with E-state index in [1.807, 2.05) is 25.1 Å². The molecule has 6 heteroatoms. The molecule has 0 spiro atoms. The molecule has 0 fully saturated rings. The van der Waals surface area contributed by atoms with Crippen LogP contribution < -0.4 is 10.3 Å². The molecule has 4 rings (SSSR count). The van der Waals surface area contributed by atoms with Crippen molar-refractivity contribution in [3.63, 3.8) is 0 Å². The van der Waals surface area contributed by atoms with Crippen molar-refractivity contribution >= 4 is 10.9 Å². The van der Waals surface area contributed by atoms with Crippen molar-refractivity contribution in [1.82, 2.24) is 9.55 Å². The average molecular weight is 432 g/mol. The first kappa shape index (κ1) is 21.7. The quantitative estimate of drug-likeness (QED) is 0.371. The van der Waals surface area contributed by atoms with Crippen LogP contribution in [0, 0.1) is 12.7 Å². The van der Waals surface area contributed by atoms with Gasteiger partial charge in [-0.15, -0.1) is 0 Å². The van der Waals surface area contributed by atoms with Crippen LogP contribution in [0.2, 0.25) is 0 Å². The van der Waals surface area contributed by atoms with Crippen LogP contribution in [-0.2, 0) is 11.2 Å². The molecule has 0 saturated carbocycles. The SMILES string of the molecule is COC[C@H](CCc1ccccc1)n1c(C)nc2ccc(Oc3ccc(F)cc3)cc2c1=O. The maximum Gasteiger partial charge on any atom is 0.261 e. The second kappa shape index (κ2) is 9.75. The van der Waals surface area contributed by atoms with Crippen LogP contribution in [0.15, 0.2) is 77.6 Å². The molecular formula is C26H25FN2O3. The minimum Gasteiger partial charge on any atom is -0.457 e. The fourth-order valence-corrected chi connectivity index (χ4v) is 3.88. The summed E-state index contributed by atoms with van der Waals surface area (Å²) in [6.45, 7) is 2.25. The van der Waals surface area contributed by atoms with Crippen molar-refractivity contribution in [3.8, 4) is 11.5 Å². The first-order chi connectivity index (χ1) is 15.5. The Hall–Kier alpha value is -3.51. The van der Waals surface area contributed by atoms with Crippen LogP contribution in [-0.4, -0.2) is 23.3 Å². The van der Waals surface area contributed by atoms with E-state index >= 15 is 0 Å². The second-order valence-electron chi connectivity index (χ2n) is 7.70. The van der Waals surface area contributed by atoms with E-state index in [0.717, 1.165) is 12.8 Å². The number of hydrogen-bond acceptors (Lipinski definition) is 4. The molecule has 0 aliphatic heterocycles. The van der Waals surface area contributed by atoms with E-state index in [2.05, 4.69) is 17.1 Å². The van der Waals surface area contributed by atoms with Gasteiger partial charge in [0.2, 0.25) is 0 Å². The molecule has 0 radical (unpaired) electrons. The summed E-state index contributed by atoms with van der Waals surface area (Å²) in [6.07, 6.45) is 1.57. The van der Waals surface area contributed by atoms with Crippen LogP contribution in [0.25, 0.3) is 10.9 Å². The Labute approximate surface area is 186 Å². The number of hydrogen-bond donors (Lipinski definition) is 0. The normalized spacial score (nSPS) is 12.1. The number of methoxy groups -OCH3 is 1. The molecule has 164 valence electrons. The van der Waals surface area contributed by atoms with Gasteiger partial charge in [-0.25, -0.2) is 9.37 Å². The highest BCUT2D eigenvalue weighted by Crippen LogP contribution is 2.25. The molecule has 1 heterocycles. The molecule has 0 aliphatic carbocycles. The summed E-state index contributed by atoms with van der Waals surface area (Å²) in [6, 6.07) is 21.0. The van der Waals surface area contributed by atoms with Gasteiger partial charge >= 0.3 is 0 Å².